The fourth-order valence-corrected chi connectivity index (χ4v) is 3.42. The summed E-state index contributed by atoms with van der Waals surface area (Å²) in [7, 11) is 3.42. The van der Waals surface area contributed by atoms with Gasteiger partial charge in [0.15, 0.2) is 0 Å². The van der Waals surface area contributed by atoms with Gasteiger partial charge in [-0.15, -0.1) is 0 Å². The third-order valence-corrected chi connectivity index (χ3v) is 4.24. The van der Waals surface area contributed by atoms with E-state index in [1.165, 1.54) is 12.1 Å². The van der Waals surface area contributed by atoms with Gasteiger partial charge in [-0.1, -0.05) is 37.9 Å². The molecular formula is C15H14Br2FNO. The Labute approximate surface area is 134 Å². The first kappa shape index (κ1) is 15.5. The van der Waals surface area contributed by atoms with Crippen molar-refractivity contribution in [2.75, 3.05) is 14.2 Å². The molecule has 1 N–H and O–H groups in total. The maximum absolute atomic E-state index is 13.6. The number of nitrogens with one attached hydrogen (secondary N) is 1. The Morgan fingerprint density at radius 2 is 1.85 bits per heavy atom. The Balaban J connectivity index is 2.54. The van der Waals surface area contributed by atoms with E-state index in [9.17, 15) is 4.39 Å². The number of ether oxygens (including phenoxy) is 1. The molecule has 0 spiro atoms. The monoisotopic (exact) mass is 401 g/mol. The van der Waals surface area contributed by atoms with Gasteiger partial charge in [0.1, 0.15) is 11.6 Å². The summed E-state index contributed by atoms with van der Waals surface area (Å²) >= 11 is 6.97. The van der Waals surface area contributed by atoms with Crippen LogP contribution in [0.3, 0.4) is 0 Å². The van der Waals surface area contributed by atoms with Crippen LogP contribution in [0, 0.1) is 5.82 Å². The number of rotatable bonds is 4. The summed E-state index contributed by atoms with van der Waals surface area (Å²) in [6.45, 7) is 0. The Kier molecular flexibility index (Phi) is 5.18. The first-order valence-corrected chi connectivity index (χ1v) is 7.61. The fraction of sp³-hybridized carbons (Fsp3) is 0.200. The van der Waals surface area contributed by atoms with Gasteiger partial charge in [0.25, 0.3) is 0 Å². The number of benzene rings is 2. The molecule has 2 rings (SSSR count). The van der Waals surface area contributed by atoms with Gasteiger partial charge in [-0.2, -0.15) is 0 Å². The molecule has 1 atom stereocenters. The highest BCUT2D eigenvalue weighted by Crippen LogP contribution is 2.35. The molecule has 5 heteroatoms. The van der Waals surface area contributed by atoms with E-state index in [0.29, 0.717) is 5.75 Å². The van der Waals surface area contributed by atoms with Gasteiger partial charge in [-0.05, 0) is 42.9 Å². The largest absolute Gasteiger partial charge is 0.496 e. The van der Waals surface area contributed by atoms with Gasteiger partial charge >= 0.3 is 0 Å². The van der Waals surface area contributed by atoms with Crippen LogP contribution in [0.15, 0.2) is 45.3 Å². The maximum Gasteiger partial charge on any atom is 0.124 e. The molecule has 0 aliphatic rings. The Morgan fingerprint density at radius 3 is 2.45 bits per heavy atom. The molecule has 2 aromatic carbocycles. The quantitative estimate of drug-likeness (QED) is 0.802. The van der Waals surface area contributed by atoms with Crippen molar-refractivity contribution >= 4 is 31.9 Å². The summed E-state index contributed by atoms with van der Waals surface area (Å²) in [5, 5.41) is 3.20. The number of hydrogen-bond acceptors (Lipinski definition) is 2. The van der Waals surface area contributed by atoms with E-state index < -0.39 is 0 Å². The first-order valence-electron chi connectivity index (χ1n) is 6.02. The summed E-state index contributed by atoms with van der Waals surface area (Å²) in [6, 6.07) is 10.3. The van der Waals surface area contributed by atoms with E-state index in [1.54, 1.807) is 13.2 Å². The number of methoxy groups -OCH3 is 1. The van der Waals surface area contributed by atoms with E-state index in [2.05, 4.69) is 37.2 Å². The van der Waals surface area contributed by atoms with E-state index >= 15 is 0 Å². The lowest BCUT2D eigenvalue weighted by Gasteiger charge is -2.21. The molecule has 0 aliphatic carbocycles. The molecule has 2 aromatic rings. The van der Waals surface area contributed by atoms with E-state index in [0.717, 1.165) is 20.1 Å². The second-order valence-electron chi connectivity index (χ2n) is 4.27. The fourth-order valence-electron chi connectivity index (χ4n) is 2.14. The Hall–Kier alpha value is -0.910. The summed E-state index contributed by atoms with van der Waals surface area (Å²) in [5.74, 6) is 0.370. The Bertz CT molecular complexity index is 619. The van der Waals surface area contributed by atoms with Gasteiger partial charge in [0, 0.05) is 14.5 Å². The average molecular weight is 403 g/mol. The molecule has 20 heavy (non-hydrogen) atoms. The number of hydrogen-bond donors (Lipinski definition) is 1. The van der Waals surface area contributed by atoms with E-state index in [1.807, 2.05) is 25.2 Å². The van der Waals surface area contributed by atoms with Crippen molar-refractivity contribution in [2.24, 2.45) is 0 Å². The predicted octanol–water partition coefficient (Wildman–Crippen LogP) is 4.67. The minimum Gasteiger partial charge on any atom is -0.496 e. The molecule has 0 amide bonds. The SMILES string of the molecule is CNC(c1ccc(Br)cc1Br)c1cc(F)ccc1OC. The summed E-state index contributed by atoms with van der Waals surface area (Å²) in [6.07, 6.45) is 0. The lowest BCUT2D eigenvalue weighted by Crippen LogP contribution is -2.19. The molecule has 0 saturated carbocycles. The molecule has 0 fully saturated rings. The van der Waals surface area contributed by atoms with Crippen molar-refractivity contribution in [2.45, 2.75) is 6.04 Å². The molecule has 0 heterocycles. The van der Waals surface area contributed by atoms with Crippen molar-refractivity contribution < 1.29 is 9.13 Å². The van der Waals surface area contributed by atoms with Gasteiger partial charge in [-0.3, -0.25) is 0 Å². The zero-order chi connectivity index (χ0) is 14.7. The van der Waals surface area contributed by atoms with Crippen LogP contribution in [0.5, 0.6) is 5.75 Å². The standard InChI is InChI=1S/C15H14Br2FNO/c1-19-15(11-5-3-9(16)7-13(11)17)12-8-10(18)4-6-14(12)20-2/h3-8,15,19H,1-2H3. The third-order valence-electron chi connectivity index (χ3n) is 3.06. The predicted molar refractivity (Wildman–Crippen MR) is 85.7 cm³/mol. The van der Waals surface area contributed by atoms with Gasteiger partial charge in [0.05, 0.1) is 13.2 Å². The van der Waals surface area contributed by atoms with Gasteiger partial charge in [0.2, 0.25) is 0 Å². The summed E-state index contributed by atoms with van der Waals surface area (Å²) in [5.41, 5.74) is 1.78. The van der Waals surface area contributed by atoms with Gasteiger partial charge < -0.3 is 10.1 Å². The van der Waals surface area contributed by atoms with Crippen molar-refractivity contribution in [3.8, 4) is 5.75 Å². The zero-order valence-corrected chi connectivity index (χ0v) is 14.3. The van der Waals surface area contributed by atoms with Crippen molar-refractivity contribution in [1.29, 1.82) is 0 Å². The molecule has 0 bridgehead atoms. The first-order chi connectivity index (χ1) is 9.56. The zero-order valence-electron chi connectivity index (χ0n) is 11.1. The second-order valence-corrected chi connectivity index (χ2v) is 6.04. The molecule has 0 aromatic heterocycles. The lowest BCUT2D eigenvalue weighted by molar-refractivity contribution is 0.404. The van der Waals surface area contributed by atoms with E-state index in [4.69, 9.17) is 4.74 Å². The number of halogens is 3. The van der Waals surface area contributed by atoms with Gasteiger partial charge in [-0.25, -0.2) is 4.39 Å². The topological polar surface area (TPSA) is 21.3 Å². The highest BCUT2D eigenvalue weighted by Gasteiger charge is 2.19. The average Bonchev–Trinajstić information content (AvgIpc) is 2.42. The maximum atomic E-state index is 13.6. The third kappa shape index (κ3) is 3.22. The molecule has 0 radical (unpaired) electrons. The van der Waals surface area contributed by atoms with Crippen LogP contribution in [0.25, 0.3) is 0 Å². The van der Waals surface area contributed by atoms with Crippen LogP contribution < -0.4 is 10.1 Å². The molecule has 2 nitrogen and oxygen atoms in total. The summed E-state index contributed by atoms with van der Waals surface area (Å²) in [4.78, 5) is 0. The highest BCUT2D eigenvalue weighted by atomic mass is 79.9. The van der Waals surface area contributed by atoms with Crippen LogP contribution in [0.4, 0.5) is 4.39 Å². The minimum absolute atomic E-state index is 0.164. The van der Waals surface area contributed by atoms with Crippen LogP contribution in [-0.2, 0) is 0 Å². The van der Waals surface area contributed by atoms with Crippen LogP contribution in [-0.4, -0.2) is 14.2 Å². The lowest BCUT2D eigenvalue weighted by atomic mass is 9.98. The normalized spacial score (nSPS) is 12.2. The van der Waals surface area contributed by atoms with Crippen molar-refractivity contribution in [3.05, 3.63) is 62.3 Å². The van der Waals surface area contributed by atoms with Crippen LogP contribution in [0.1, 0.15) is 17.2 Å². The Morgan fingerprint density at radius 1 is 1.10 bits per heavy atom. The molecule has 0 aliphatic heterocycles. The summed E-state index contributed by atoms with van der Waals surface area (Å²) < 4.78 is 20.8. The molecule has 106 valence electrons. The van der Waals surface area contributed by atoms with E-state index in [-0.39, 0.29) is 11.9 Å². The van der Waals surface area contributed by atoms with Crippen molar-refractivity contribution in [3.63, 3.8) is 0 Å². The molecule has 1 unspecified atom stereocenters. The smallest absolute Gasteiger partial charge is 0.124 e. The van der Waals surface area contributed by atoms with Crippen LogP contribution in [0.2, 0.25) is 0 Å². The van der Waals surface area contributed by atoms with Crippen LogP contribution >= 0.6 is 31.9 Å². The second kappa shape index (κ2) is 6.70. The minimum atomic E-state index is -0.283. The molecular weight excluding hydrogens is 389 g/mol. The molecule has 0 saturated heterocycles. The van der Waals surface area contributed by atoms with Crippen molar-refractivity contribution in [1.82, 2.24) is 5.32 Å². The highest BCUT2D eigenvalue weighted by molar-refractivity contribution is 9.11.